The molecular weight excluding hydrogens is 273 g/mol. The summed E-state index contributed by atoms with van der Waals surface area (Å²) in [5, 5.41) is 3.93. The Morgan fingerprint density at radius 3 is 2.70 bits per heavy atom. The number of rotatable bonds is 4. The van der Waals surface area contributed by atoms with Gasteiger partial charge in [-0.3, -0.25) is 0 Å². The van der Waals surface area contributed by atoms with Crippen molar-refractivity contribution in [2.75, 3.05) is 0 Å². The van der Waals surface area contributed by atoms with Gasteiger partial charge in [-0.1, -0.05) is 23.7 Å². The van der Waals surface area contributed by atoms with Crippen LogP contribution in [-0.4, -0.2) is 6.04 Å². The molecule has 0 amide bonds. The van der Waals surface area contributed by atoms with Crippen molar-refractivity contribution in [3.63, 3.8) is 0 Å². The van der Waals surface area contributed by atoms with Gasteiger partial charge in [0.25, 0.3) is 0 Å². The zero-order valence-corrected chi connectivity index (χ0v) is 12.2. The summed E-state index contributed by atoms with van der Waals surface area (Å²) >= 11 is 5.95. The van der Waals surface area contributed by atoms with E-state index in [0.717, 1.165) is 23.2 Å². The number of hydrogen-bond acceptors (Lipinski definition) is 1. The monoisotopic (exact) mass is 289 g/mol. The van der Waals surface area contributed by atoms with Crippen molar-refractivity contribution in [2.45, 2.75) is 32.4 Å². The first-order valence-corrected chi connectivity index (χ1v) is 7.29. The quantitative estimate of drug-likeness (QED) is 0.860. The van der Waals surface area contributed by atoms with Crippen LogP contribution in [0.1, 0.15) is 24.0 Å². The van der Waals surface area contributed by atoms with Crippen molar-refractivity contribution >= 4 is 11.6 Å². The SMILES string of the molecule is Cc1ccc(CNC2CC2)cc1-c1cc(F)cc(Cl)c1. The molecule has 2 aromatic carbocycles. The van der Waals surface area contributed by atoms with Gasteiger partial charge >= 0.3 is 0 Å². The maximum absolute atomic E-state index is 13.5. The van der Waals surface area contributed by atoms with Crippen molar-refractivity contribution in [1.29, 1.82) is 0 Å². The van der Waals surface area contributed by atoms with Crippen molar-refractivity contribution in [3.8, 4) is 11.1 Å². The molecule has 3 heteroatoms. The molecule has 0 bridgehead atoms. The fourth-order valence-corrected chi connectivity index (χ4v) is 2.57. The van der Waals surface area contributed by atoms with Crippen LogP contribution < -0.4 is 5.32 Å². The molecule has 0 aliphatic heterocycles. The zero-order chi connectivity index (χ0) is 14.1. The van der Waals surface area contributed by atoms with E-state index in [1.807, 2.05) is 13.0 Å². The average molecular weight is 290 g/mol. The standard InChI is InChI=1S/C17H17ClFN/c1-11-2-3-12(10-20-16-4-5-16)6-17(11)13-7-14(18)9-15(19)8-13/h2-3,6-9,16,20H,4-5,10H2,1H3. The lowest BCUT2D eigenvalue weighted by atomic mass is 9.98. The minimum Gasteiger partial charge on any atom is -0.310 e. The van der Waals surface area contributed by atoms with Crippen molar-refractivity contribution in [1.82, 2.24) is 5.32 Å². The van der Waals surface area contributed by atoms with Crippen molar-refractivity contribution in [3.05, 3.63) is 58.4 Å². The highest BCUT2D eigenvalue weighted by molar-refractivity contribution is 6.30. The number of nitrogens with one attached hydrogen (secondary N) is 1. The van der Waals surface area contributed by atoms with Gasteiger partial charge in [0.1, 0.15) is 5.82 Å². The molecule has 1 nitrogen and oxygen atoms in total. The molecule has 1 fully saturated rings. The van der Waals surface area contributed by atoms with Crippen LogP contribution in [0.15, 0.2) is 36.4 Å². The third-order valence-corrected chi connectivity index (χ3v) is 3.87. The van der Waals surface area contributed by atoms with Crippen LogP contribution in [0.25, 0.3) is 11.1 Å². The summed E-state index contributed by atoms with van der Waals surface area (Å²) in [6.45, 7) is 2.90. The molecule has 2 aromatic rings. The molecule has 1 aliphatic carbocycles. The van der Waals surface area contributed by atoms with Crippen LogP contribution in [0.4, 0.5) is 4.39 Å². The molecule has 1 saturated carbocycles. The van der Waals surface area contributed by atoms with Crippen LogP contribution in [-0.2, 0) is 6.54 Å². The van der Waals surface area contributed by atoms with Crippen LogP contribution in [0, 0.1) is 12.7 Å². The highest BCUT2D eigenvalue weighted by atomic mass is 35.5. The smallest absolute Gasteiger partial charge is 0.125 e. The Labute approximate surface area is 123 Å². The van der Waals surface area contributed by atoms with Gasteiger partial charge in [0.15, 0.2) is 0 Å². The summed E-state index contributed by atoms with van der Waals surface area (Å²) in [7, 11) is 0. The molecule has 0 atom stereocenters. The van der Waals surface area contributed by atoms with Gasteiger partial charge in [-0.25, -0.2) is 4.39 Å². The predicted molar refractivity (Wildman–Crippen MR) is 81.4 cm³/mol. The van der Waals surface area contributed by atoms with Gasteiger partial charge < -0.3 is 5.32 Å². The van der Waals surface area contributed by atoms with E-state index in [-0.39, 0.29) is 5.82 Å². The summed E-state index contributed by atoms with van der Waals surface area (Å²) in [5.41, 5.74) is 4.22. The fourth-order valence-electron chi connectivity index (χ4n) is 2.35. The van der Waals surface area contributed by atoms with Gasteiger partial charge in [-0.2, -0.15) is 0 Å². The van der Waals surface area contributed by atoms with E-state index < -0.39 is 0 Å². The third kappa shape index (κ3) is 3.20. The Balaban J connectivity index is 1.91. The molecule has 0 unspecified atom stereocenters. The number of benzene rings is 2. The van der Waals surface area contributed by atoms with Gasteiger partial charge in [-0.05, 0) is 66.3 Å². The minimum atomic E-state index is -0.298. The molecule has 3 rings (SSSR count). The first-order chi connectivity index (χ1) is 9.61. The molecule has 1 aliphatic rings. The summed E-state index contributed by atoms with van der Waals surface area (Å²) in [5.74, 6) is -0.298. The van der Waals surface area contributed by atoms with E-state index in [1.165, 1.54) is 30.5 Å². The molecule has 0 aromatic heterocycles. The highest BCUT2D eigenvalue weighted by Gasteiger charge is 2.20. The van der Waals surface area contributed by atoms with Crippen molar-refractivity contribution in [2.24, 2.45) is 0 Å². The summed E-state index contributed by atoms with van der Waals surface area (Å²) in [6.07, 6.45) is 2.55. The Morgan fingerprint density at radius 1 is 1.20 bits per heavy atom. The lowest BCUT2D eigenvalue weighted by Crippen LogP contribution is -2.15. The average Bonchev–Trinajstić information content (AvgIpc) is 3.20. The molecule has 1 N–H and O–H groups in total. The van der Waals surface area contributed by atoms with Crippen LogP contribution in [0.5, 0.6) is 0 Å². The van der Waals surface area contributed by atoms with Gasteiger partial charge in [-0.15, -0.1) is 0 Å². The Morgan fingerprint density at radius 2 is 2.00 bits per heavy atom. The second-order valence-electron chi connectivity index (χ2n) is 5.46. The minimum absolute atomic E-state index is 0.298. The first kappa shape index (κ1) is 13.6. The predicted octanol–water partition coefficient (Wildman–Crippen LogP) is 4.71. The molecule has 0 heterocycles. The molecule has 0 spiro atoms. The molecular formula is C17H17ClFN. The van der Waals surface area contributed by atoms with E-state index in [4.69, 9.17) is 11.6 Å². The molecule has 0 radical (unpaired) electrons. The van der Waals surface area contributed by atoms with Gasteiger partial charge in [0.2, 0.25) is 0 Å². The third-order valence-electron chi connectivity index (χ3n) is 3.65. The maximum Gasteiger partial charge on any atom is 0.125 e. The Bertz CT molecular complexity index is 615. The summed E-state index contributed by atoms with van der Waals surface area (Å²) in [4.78, 5) is 0. The fraction of sp³-hybridized carbons (Fsp3) is 0.294. The molecule has 20 heavy (non-hydrogen) atoms. The Hall–Kier alpha value is -1.38. The second-order valence-corrected chi connectivity index (χ2v) is 5.90. The molecule has 0 saturated heterocycles. The van der Waals surface area contributed by atoms with E-state index >= 15 is 0 Å². The lowest BCUT2D eigenvalue weighted by molar-refractivity contribution is 0.628. The topological polar surface area (TPSA) is 12.0 Å². The Kier molecular flexibility index (Phi) is 3.77. The summed E-state index contributed by atoms with van der Waals surface area (Å²) in [6, 6.07) is 11.7. The van der Waals surface area contributed by atoms with Crippen LogP contribution in [0.2, 0.25) is 5.02 Å². The van der Waals surface area contributed by atoms with Crippen LogP contribution >= 0.6 is 11.6 Å². The van der Waals surface area contributed by atoms with Crippen LogP contribution in [0.3, 0.4) is 0 Å². The first-order valence-electron chi connectivity index (χ1n) is 6.91. The van der Waals surface area contributed by atoms with E-state index in [9.17, 15) is 4.39 Å². The highest BCUT2D eigenvalue weighted by Crippen LogP contribution is 2.28. The lowest BCUT2D eigenvalue weighted by Gasteiger charge is -2.10. The van der Waals surface area contributed by atoms with E-state index in [2.05, 4.69) is 23.5 Å². The number of hydrogen-bond donors (Lipinski definition) is 1. The van der Waals surface area contributed by atoms with Gasteiger partial charge in [0.05, 0.1) is 0 Å². The maximum atomic E-state index is 13.5. The van der Waals surface area contributed by atoms with E-state index in [0.29, 0.717) is 11.1 Å². The molecule has 104 valence electrons. The summed E-state index contributed by atoms with van der Waals surface area (Å²) < 4.78 is 13.5. The van der Waals surface area contributed by atoms with Gasteiger partial charge in [0, 0.05) is 17.6 Å². The zero-order valence-electron chi connectivity index (χ0n) is 11.4. The number of aryl methyl sites for hydroxylation is 1. The number of halogens is 2. The van der Waals surface area contributed by atoms with E-state index in [1.54, 1.807) is 0 Å². The largest absolute Gasteiger partial charge is 0.310 e. The normalized spacial score (nSPS) is 14.6. The second kappa shape index (κ2) is 5.55. The van der Waals surface area contributed by atoms with Crippen molar-refractivity contribution < 1.29 is 4.39 Å².